The minimum Gasteiger partial charge on any atom is -0.480 e. The van der Waals surface area contributed by atoms with Crippen LogP contribution in [0, 0.1) is 0 Å². The van der Waals surface area contributed by atoms with Gasteiger partial charge in [0.15, 0.2) is 0 Å². The Hall–Kier alpha value is -0.920. The van der Waals surface area contributed by atoms with Gasteiger partial charge in [-0.3, -0.25) is 4.79 Å². The number of nitrogens with one attached hydrogen (secondary N) is 1. The number of hydrogen-bond donors (Lipinski definition) is 2. The van der Waals surface area contributed by atoms with Crippen molar-refractivity contribution >= 4 is 31.9 Å². The van der Waals surface area contributed by atoms with E-state index < -0.39 is 22.0 Å². The third-order valence-electron chi connectivity index (χ3n) is 1.83. The van der Waals surface area contributed by atoms with E-state index >= 15 is 0 Å². The SMILES string of the molecule is C[C@@H](NS(=O)(=O)c1ccccc1Br)C(=O)O. The Balaban J connectivity index is 3.04. The van der Waals surface area contributed by atoms with Gasteiger partial charge in [-0.25, -0.2) is 8.42 Å². The molecule has 0 unspecified atom stereocenters. The van der Waals surface area contributed by atoms with E-state index in [1.54, 1.807) is 18.2 Å². The third kappa shape index (κ3) is 3.03. The lowest BCUT2D eigenvalue weighted by atomic mass is 10.4. The molecule has 0 fully saturated rings. The zero-order valence-electron chi connectivity index (χ0n) is 8.34. The highest BCUT2D eigenvalue weighted by atomic mass is 79.9. The highest BCUT2D eigenvalue weighted by Gasteiger charge is 2.22. The van der Waals surface area contributed by atoms with Crippen LogP contribution in [-0.2, 0) is 14.8 Å². The second-order valence-electron chi connectivity index (χ2n) is 3.11. The van der Waals surface area contributed by atoms with E-state index in [4.69, 9.17) is 5.11 Å². The van der Waals surface area contributed by atoms with Gasteiger partial charge in [-0.1, -0.05) is 12.1 Å². The molecule has 0 aromatic heterocycles. The van der Waals surface area contributed by atoms with Crippen LogP contribution in [-0.4, -0.2) is 25.5 Å². The fourth-order valence-electron chi connectivity index (χ4n) is 1.01. The van der Waals surface area contributed by atoms with E-state index in [0.29, 0.717) is 4.47 Å². The van der Waals surface area contributed by atoms with E-state index in [1.165, 1.54) is 13.0 Å². The van der Waals surface area contributed by atoms with Crippen molar-refractivity contribution in [1.29, 1.82) is 0 Å². The van der Waals surface area contributed by atoms with Crippen LogP contribution in [0.25, 0.3) is 0 Å². The van der Waals surface area contributed by atoms with Gasteiger partial charge in [0, 0.05) is 4.47 Å². The van der Waals surface area contributed by atoms with Crippen molar-refractivity contribution in [3.8, 4) is 0 Å². The number of carbonyl (C=O) groups is 1. The van der Waals surface area contributed by atoms with Crippen molar-refractivity contribution in [3.05, 3.63) is 28.7 Å². The van der Waals surface area contributed by atoms with Gasteiger partial charge in [0.2, 0.25) is 10.0 Å². The van der Waals surface area contributed by atoms with Crippen LogP contribution in [0.15, 0.2) is 33.6 Å². The molecular formula is C9H10BrNO4S. The highest BCUT2D eigenvalue weighted by Crippen LogP contribution is 2.20. The fraction of sp³-hybridized carbons (Fsp3) is 0.222. The average Bonchev–Trinajstić information content (AvgIpc) is 2.17. The summed E-state index contributed by atoms with van der Waals surface area (Å²) < 4.78 is 26.0. The molecule has 1 aromatic rings. The van der Waals surface area contributed by atoms with Gasteiger partial charge < -0.3 is 5.11 Å². The standard InChI is InChI=1S/C9H10BrNO4S/c1-6(9(12)13)11-16(14,15)8-5-3-2-4-7(8)10/h2-6,11H,1H3,(H,12,13)/t6-/m1/s1. The molecule has 16 heavy (non-hydrogen) atoms. The number of sulfonamides is 1. The molecule has 88 valence electrons. The summed E-state index contributed by atoms with van der Waals surface area (Å²) in [6.45, 7) is 1.26. The van der Waals surface area contributed by atoms with Gasteiger partial charge in [0.25, 0.3) is 0 Å². The summed E-state index contributed by atoms with van der Waals surface area (Å²) in [4.78, 5) is 10.6. The van der Waals surface area contributed by atoms with E-state index in [0.717, 1.165) is 0 Å². The second kappa shape index (κ2) is 4.94. The summed E-state index contributed by atoms with van der Waals surface area (Å²) in [5, 5.41) is 8.62. The molecule has 0 saturated carbocycles. The largest absolute Gasteiger partial charge is 0.480 e. The third-order valence-corrected chi connectivity index (χ3v) is 4.38. The summed E-state index contributed by atoms with van der Waals surface area (Å²) in [6, 6.07) is 5.02. The first kappa shape index (κ1) is 13.1. The number of carboxylic acid groups (broad SMARTS) is 1. The molecule has 0 radical (unpaired) electrons. The van der Waals surface area contributed by atoms with Crippen molar-refractivity contribution in [1.82, 2.24) is 4.72 Å². The lowest BCUT2D eigenvalue weighted by molar-refractivity contribution is -0.138. The van der Waals surface area contributed by atoms with E-state index in [-0.39, 0.29) is 4.90 Å². The molecular weight excluding hydrogens is 298 g/mol. The number of carboxylic acids is 1. The van der Waals surface area contributed by atoms with Crippen LogP contribution in [0.3, 0.4) is 0 Å². The van der Waals surface area contributed by atoms with Crippen LogP contribution in [0.2, 0.25) is 0 Å². The topological polar surface area (TPSA) is 83.5 Å². The maximum absolute atomic E-state index is 11.8. The Bertz CT molecular complexity index is 500. The molecule has 0 amide bonds. The van der Waals surface area contributed by atoms with Crippen LogP contribution in [0.4, 0.5) is 0 Å². The quantitative estimate of drug-likeness (QED) is 0.875. The summed E-state index contributed by atoms with van der Waals surface area (Å²) in [5.41, 5.74) is 0. The van der Waals surface area contributed by atoms with Gasteiger partial charge in [0.05, 0.1) is 4.90 Å². The maximum Gasteiger partial charge on any atom is 0.321 e. The first-order valence-electron chi connectivity index (χ1n) is 4.34. The summed E-state index contributed by atoms with van der Waals surface area (Å²) in [7, 11) is -3.81. The first-order chi connectivity index (χ1) is 7.34. The Morgan fingerprint density at radius 2 is 2.00 bits per heavy atom. The molecule has 0 spiro atoms. The molecule has 1 rings (SSSR count). The van der Waals surface area contributed by atoms with Crippen LogP contribution in [0.1, 0.15) is 6.92 Å². The van der Waals surface area contributed by atoms with Gasteiger partial charge in [-0.15, -0.1) is 0 Å². The monoisotopic (exact) mass is 307 g/mol. The predicted molar refractivity (Wildman–Crippen MR) is 61.6 cm³/mol. The van der Waals surface area contributed by atoms with Crippen molar-refractivity contribution in [2.45, 2.75) is 17.9 Å². The van der Waals surface area contributed by atoms with E-state index in [1.807, 2.05) is 0 Å². The van der Waals surface area contributed by atoms with Crippen molar-refractivity contribution < 1.29 is 18.3 Å². The second-order valence-corrected chi connectivity index (χ2v) is 5.65. The van der Waals surface area contributed by atoms with Crippen molar-refractivity contribution in [2.24, 2.45) is 0 Å². The summed E-state index contributed by atoms with van der Waals surface area (Å²) in [5.74, 6) is -1.23. The number of hydrogen-bond acceptors (Lipinski definition) is 3. The molecule has 0 aliphatic rings. The van der Waals surface area contributed by atoms with Gasteiger partial charge in [0.1, 0.15) is 6.04 Å². The van der Waals surface area contributed by atoms with Gasteiger partial charge >= 0.3 is 5.97 Å². The minimum atomic E-state index is -3.81. The molecule has 7 heteroatoms. The Morgan fingerprint density at radius 1 is 1.44 bits per heavy atom. The number of rotatable bonds is 4. The maximum atomic E-state index is 11.8. The molecule has 2 N–H and O–H groups in total. The normalized spacial score (nSPS) is 13.4. The molecule has 0 aliphatic heterocycles. The molecule has 5 nitrogen and oxygen atoms in total. The molecule has 0 heterocycles. The van der Waals surface area contributed by atoms with E-state index in [2.05, 4.69) is 20.7 Å². The van der Waals surface area contributed by atoms with Crippen LogP contribution >= 0.6 is 15.9 Å². The smallest absolute Gasteiger partial charge is 0.321 e. The average molecular weight is 308 g/mol. The number of benzene rings is 1. The first-order valence-corrected chi connectivity index (χ1v) is 6.62. The summed E-state index contributed by atoms with van der Waals surface area (Å²) >= 11 is 3.09. The molecule has 0 bridgehead atoms. The number of aliphatic carboxylic acids is 1. The Labute approximate surface area is 102 Å². The molecule has 0 aliphatic carbocycles. The lowest BCUT2D eigenvalue weighted by Gasteiger charge is -2.11. The minimum absolute atomic E-state index is 0.0168. The molecule has 0 saturated heterocycles. The predicted octanol–water partition coefficient (Wildman–Crippen LogP) is 1.20. The van der Waals surface area contributed by atoms with Crippen LogP contribution < -0.4 is 4.72 Å². The Kier molecular flexibility index (Phi) is 4.06. The number of halogens is 1. The fourth-order valence-corrected chi connectivity index (χ4v) is 3.21. The zero-order chi connectivity index (χ0) is 12.3. The molecule has 1 aromatic carbocycles. The van der Waals surface area contributed by atoms with Crippen LogP contribution in [0.5, 0.6) is 0 Å². The van der Waals surface area contributed by atoms with E-state index in [9.17, 15) is 13.2 Å². The highest BCUT2D eigenvalue weighted by molar-refractivity contribution is 9.10. The van der Waals surface area contributed by atoms with Crippen molar-refractivity contribution in [3.63, 3.8) is 0 Å². The van der Waals surface area contributed by atoms with Gasteiger partial charge in [-0.05, 0) is 35.0 Å². The Morgan fingerprint density at radius 3 is 2.50 bits per heavy atom. The zero-order valence-corrected chi connectivity index (χ0v) is 10.7. The summed E-state index contributed by atoms with van der Waals surface area (Å²) in [6.07, 6.45) is 0. The molecule has 1 atom stereocenters. The van der Waals surface area contributed by atoms with Gasteiger partial charge in [-0.2, -0.15) is 4.72 Å². The van der Waals surface area contributed by atoms with Crippen molar-refractivity contribution in [2.75, 3.05) is 0 Å². The lowest BCUT2D eigenvalue weighted by Crippen LogP contribution is -2.38.